The quantitative estimate of drug-likeness (QED) is 0.920. The van der Waals surface area contributed by atoms with Gasteiger partial charge in [-0.1, -0.05) is 22.0 Å². The maximum atomic E-state index is 13.1. The Hall–Kier alpha value is -0.980. The van der Waals surface area contributed by atoms with E-state index in [0.717, 1.165) is 5.56 Å². The van der Waals surface area contributed by atoms with Gasteiger partial charge in [-0.3, -0.25) is 9.69 Å². The van der Waals surface area contributed by atoms with Crippen molar-refractivity contribution in [2.24, 2.45) is 0 Å². The molecule has 1 unspecified atom stereocenters. The molecule has 0 saturated carbocycles. The summed E-state index contributed by atoms with van der Waals surface area (Å²) in [5.74, 6) is -1.21. The third-order valence-corrected chi connectivity index (χ3v) is 3.86. The summed E-state index contributed by atoms with van der Waals surface area (Å²) < 4.78 is 19.0. The number of aliphatic carboxylic acids is 1. The lowest BCUT2D eigenvalue weighted by atomic mass is 10.0. The summed E-state index contributed by atoms with van der Waals surface area (Å²) in [5.41, 5.74) is 0.797. The Bertz CT molecular complexity index is 463. The van der Waals surface area contributed by atoms with Crippen LogP contribution in [0.3, 0.4) is 0 Å². The van der Waals surface area contributed by atoms with E-state index >= 15 is 0 Å². The van der Waals surface area contributed by atoms with Crippen LogP contribution in [0.4, 0.5) is 4.39 Å². The second-order valence-corrected chi connectivity index (χ2v) is 5.28. The van der Waals surface area contributed by atoms with E-state index in [-0.39, 0.29) is 18.3 Å². The molecule has 1 N–H and O–H groups in total. The standard InChI is InChI=1S/C13H15BrFNO3/c14-11-7-9(15)1-2-10(11)12(8-13(17)18)16-3-5-19-6-4-16/h1-2,7,12H,3-6,8H2,(H,17,18). The van der Waals surface area contributed by atoms with E-state index < -0.39 is 5.97 Å². The molecule has 1 fully saturated rings. The first kappa shape index (κ1) is 14.4. The van der Waals surface area contributed by atoms with E-state index in [2.05, 4.69) is 20.8 Å². The number of morpholine rings is 1. The molecule has 19 heavy (non-hydrogen) atoms. The van der Waals surface area contributed by atoms with E-state index in [9.17, 15) is 9.18 Å². The molecular weight excluding hydrogens is 317 g/mol. The first-order valence-corrected chi connectivity index (χ1v) is 6.86. The number of carboxylic acid groups (broad SMARTS) is 1. The molecule has 1 saturated heterocycles. The molecule has 0 aromatic heterocycles. The molecule has 1 atom stereocenters. The Kier molecular flexibility index (Phi) is 4.90. The number of hydrogen-bond acceptors (Lipinski definition) is 3. The van der Waals surface area contributed by atoms with Crippen molar-refractivity contribution in [2.75, 3.05) is 26.3 Å². The molecule has 0 spiro atoms. The summed E-state index contributed by atoms with van der Waals surface area (Å²) in [6, 6.07) is 4.10. The zero-order valence-electron chi connectivity index (χ0n) is 10.3. The summed E-state index contributed by atoms with van der Waals surface area (Å²) in [6.45, 7) is 2.55. The minimum absolute atomic E-state index is 0.00969. The number of hydrogen-bond donors (Lipinski definition) is 1. The van der Waals surface area contributed by atoms with Gasteiger partial charge in [0.2, 0.25) is 0 Å². The average molecular weight is 332 g/mol. The number of nitrogens with zero attached hydrogens (tertiary/aromatic N) is 1. The van der Waals surface area contributed by atoms with Crippen LogP contribution >= 0.6 is 15.9 Å². The van der Waals surface area contributed by atoms with Crippen molar-refractivity contribution in [3.8, 4) is 0 Å². The van der Waals surface area contributed by atoms with Gasteiger partial charge in [0, 0.05) is 23.6 Å². The van der Waals surface area contributed by atoms with Gasteiger partial charge in [0.15, 0.2) is 0 Å². The molecule has 1 aliphatic heterocycles. The van der Waals surface area contributed by atoms with E-state index in [1.807, 2.05) is 0 Å². The predicted molar refractivity (Wildman–Crippen MR) is 71.5 cm³/mol. The molecule has 1 aliphatic rings. The Labute approximate surface area is 119 Å². The second kappa shape index (κ2) is 6.45. The van der Waals surface area contributed by atoms with Gasteiger partial charge >= 0.3 is 5.97 Å². The van der Waals surface area contributed by atoms with Crippen molar-refractivity contribution in [2.45, 2.75) is 12.5 Å². The minimum atomic E-state index is -0.868. The Morgan fingerprint density at radius 1 is 1.47 bits per heavy atom. The Morgan fingerprint density at radius 3 is 2.74 bits per heavy atom. The summed E-state index contributed by atoms with van der Waals surface area (Å²) in [7, 11) is 0. The van der Waals surface area contributed by atoms with Crippen molar-refractivity contribution in [1.82, 2.24) is 4.90 Å². The molecule has 6 heteroatoms. The fraction of sp³-hybridized carbons (Fsp3) is 0.462. The zero-order valence-corrected chi connectivity index (χ0v) is 11.9. The van der Waals surface area contributed by atoms with Crippen LogP contribution in [-0.4, -0.2) is 42.3 Å². The number of ether oxygens (including phenoxy) is 1. The van der Waals surface area contributed by atoms with Gasteiger partial charge in [0.1, 0.15) is 5.82 Å². The summed E-state index contributed by atoms with van der Waals surface area (Å²) in [4.78, 5) is 13.1. The fourth-order valence-corrected chi connectivity index (χ4v) is 2.88. The summed E-state index contributed by atoms with van der Waals surface area (Å²) in [5, 5.41) is 9.07. The molecule has 0 amide bonds. The maximum absolute atomic E-state index is 13.1. The van der Waals surface area contributed by atoms with Gasteiger partial charge in [-0.2, -0.15) is 0 Å². The van der Waals surface area contributed by atoms with E-state index in [1.165, 1.54) is 12.1 Å². The van der Waals surface area contributed by atoms with Gasteiger partial charge in [-0.05, 0) is 17.7 Å². The molecule has 0 bridgehead atoms. The third-order valence-electron chi connectivity index (χ3n) is 3.18. The topological polar surface area (TPSA) is 49.8 Å². The number of halogens is 2. The van der Waals surface area contributed by atoms with Crippen LogP contribution < -0.4 is 0 Å². The van der Waals surface area contributed by atoms with E-state index in [0.29, 0.717) is 30.8 Å². The number of carboxylic acids is 1. The van der Waals surface area contributed by atoms with Crippen LogP contribution in [0, 0.1) is 5.82 Å². The zero-order chi connectivity index (χ0) is 13.8. The van der Waals surface area contributed by atoms with Gasteiger partial charge in [0.05, 0.1) is 19.6 Å². The van der Waals surface area contributed by atoms with Crippen LogP contribution in [0.15, 0.2) is 22.7 Å². The first-order valence-electron chi connectivity index (χ1n) is 6.06. The van der Waals surface area contributed by atoms with Crippen LogP contribution in [0.2, 0.25) is 0 Å². The van der Waals surface area contributed by atoms with Crippen LogP contribution in [-0.2, 0) is 9.53 Å². The maximum Gasteiger partial charge on any atom is 0.305 e. The molecule has 1 heterocycles. The van der Waals surface area contributed by atoms with Crippen molar-refractivity contribution in [1.29, 1.82) is 0 Å². The first-order chi connectivity index (χ1) is 9.08. The van der Waals surface area contributed by atoms with Crippen LogP contribution in [0.5, 0.6) is 0 Å². The molecule has 1 aromatic carbocycles. The third kappa shape index (κ3) is 3.75. The number of rotatable bonds is 4. The average Bonchev–Trinajstić information content (AvgIpc) is 2.37. The summed E-state index contributed by atoms with van der Waals surface area (Å²) in [6.07, 6.45) is -0.00969. The summed E-state index contributed by atoms with van der Waals surface area (Å²) >= 11 is 3.31. The molecule has 2 rings (SSSR count). The lowest BCUT2D eigenvalue weighted by molar-refractivity contribution is -0.139. The molecule has 0 radical (unpaired) electrons. The highest BCUT2D eigenvalue weighted by atomic mass is 79.9. The van der Waals surface area contributed by atoms with Crippen LogP contribution in [0.1, 0.15) is 18.0 Å². The minimum Gasteiger partial charge on any atom is -0.481 e. The van der Waals surface area contributed by atoms with Crippen molar-refractivity contribution in [3.63, 3.8) is 0 Å². The highest BCUT2D eigenvalue weighted by Gasteiger charge is 2.26. The fourth-order valence-electron chi connectivity index (χ4n) is 2.26. The largest absolute Gasteiger partial charge is 0.481 e. The SMILES string of the molecule is O=C(O)CC(c1ccc(F)cc1Br)N1CCOCC1. The Balaban J connectivity index is 2.27. The van der Waals surface area contributed by atoms with E-state index in [1.54, 1.807) is 6.07 Å². The highest BCUT2D eigenvalue weighted by Crippen LogP contribution is 2.31. The van der Waals surface area contributed by atoms with Gasteiger partial charge < -0.3 is 9.84 Å². The smallest absolute Gasteiger partial charge is 0.305 e. The highest BCUT2D eigenvalue weighted by molar-refractivity contribution is 9.10. The monoisotopic (exact) mass is 331 g/mol. The van der Waals surface area contributed by atoms with Crippen molar-refractivity contribution < 1.29 is 19.0 Å². The van der Waals surface area contributed by atoms with Gasteiger partial charge in [-0.25, -0.2) is 4.39 Å². The van der Waals surface area contributed by atoms with Crippen molar-refractivity contribution >= 4 is 21.9 Å². The molecule has 104 valence electrons. The molecular formula is C13H15BrFNO3. The lowest BCUT2D eigenvalue weighted by Crippen LogP contribution is -2.40. The molecule has 4 nitrogen and oxygen atoms in total. The number of carbonyl (C=O) groups is 1. The normalized spacial score (nSPS) is 18.2. The Morgan fingerprint density at radius 2 is 2.16 bits per heavy atom. The van der Waals surface area contributed by atoms with Gasteiger partial charge in [-0.15, -0.1) is 0 Å². The lowest BCUT2D eigenvalue weighted by Gasteiger charge is -2.34. The molecule has 0 aliphatic carbocycles. The van der Waals surface area contributed by atoms with E-state index in [4.69, 9.17) is 9.84 Å². The second-order valence-electron chi connectivity index (χ2n) is 4.43. The van der Waals surface area contributed by atoms with Crippen LogP contribution in [0.25, 0.3) is 0 Å². The predicted octanol–water partition coefficient (Wildman–Crippen LogP) is 2.44. The number of benzene rings is 1. The molecule has 1 aromatic rings. The van der Waals surface area contributed by atoms with Crippen molar-refractivity contribution in [3.05, 3.63) is 34.1 Å². The van der Waals surface area contributed by atoms with Gasteiger partial charge in [0.25, 0.3) is 0 Å².